The minimum atomic E-state index is -3.58. The minimum absolute atomic E-state index is 0.127. The summed E-state index contributed by atoms with van der Waals surface area (Å²) in [5.74, 6) is -1.45. The summed E-state index contributed by atoms with van der Waals surface area (Å²) >= 11 is 0. The average molecular weight is 300 g/mol. The van der Waals surface area contributed by atoms with Crippen molar-refractivity contribution in [1.29, 1.82) is 0 Å². The number of benzene rings is 1. The van der Waals surface area contributed by atoms with Gasteiger partial charge in [0.25, 0.3) is 0 Å². The highest BCUT2D eigenvalue weighted by molar-refractivity contribution is 7.89. The number of anilines is 1. The van der Waals surface area contributed by atoms with Gasteiger partial charge in [0, 0.05) is 13.1 Å². The Morgan fingerprint density at radius 3 is 2.50 bits per heavy atom. The maximum atomic E-state index is 12.0. The van der Waals surface area contributed by atoms with Gasteiger partial charge in [-0.15, -0.1) is 0 Å². The molecule has 0 radical (unpaired) electrons. The third-order valence-electron chi connectivity index (χ3n) is 2.89. The van der Waals surface area contributed by atoms with E-state index in [1.165, 1.54) is 6.07 Å². The normalized spacial score (nSPS) is 12.9. The fraction of sp³-hybridized carbons (Fsp3) is 0.462. The number of hydrogen-bond donors (Lipinski definition) is 3. The van der Waals surface area contributed by atoms with Crippen molar-refractivity contribution in [2.45, 2.75) is 25.2 Å². The highest BCUT2D eigenvalue weighted by Crippen LogP contribution is 2.21. The number of sulfonamides is 1. The summed E-state index contributed by atoms with van der Waals surface area (Å²) in [7, 11) is -3.58. The van der Waals surface area contributed by atoms with E-state index in [2.05, 4.69) is 10.0 Å². The van der Waals surface area contributed by atoms with Crippen molar-refractivity contribution in [2.24, 2.45) is 5.92 Å². The van der Waals surface area contributed by atoms with Gasteiger partial charge >= 0.3 is 5.97 Å². The summed E-state index contributed by atoms with van der Waals surface area (Å²) in [6.07, 6.45) is 0.477. The largest absolute Gasteiger partial charge is 0.481 e. The number of nitrogens with one attached hydrogen (secondary N) is 2. The number of carbonyl (C=O) groups is 1. The fourth-order valence-electron chi connectivity index (χ4n) is 1.75. The molecule has 1 atom stereocenters. The third-order valence-corrected chi connectivity index (χ3v) is 4.50. The van der Waals surface area contributed by atoms with Gasteiger partial charge in [0.2, 0.25) is 10.0 Å². The van der Waals surface area contributed by atoms with Crippen LogP contribution in [0.2, 0.25) is 0 Å². The van der Waals surface area contributed by atoms with E-state index < -0.39 is 21.9 Å². The number of carboxylic acid groups (broad SMARTS) is 1. The molecule has 0 saturated carbocycles. The fourth-order valence-corrected chi connectivity index (χ4v) is 2.98. The van der Waals surface area contributed by atoms with Crippen LogP contribution in [0.25, 0.3) is 0 Å². The molecule has 112 valence electrons. The maximum Gasteiger partial charge on any atom is 0.308 e. The molecule has 0 bridgehead atoms. The highest BCUT2D eigenvalue weighted by Gasteiger charge is 2.19. The lowest BCUT2D eigenvalue weighted by atomic mass is 10.1. The van der Waals surface area contributed by atoms with Gasteiger partial charge in [-0.05, 0) is 18.6 Å². The van der Waals surface area contributed by atoms with Gasteiger partial charge in [-0.1, -0.05) is 26.0 Å². The van der Waals surface area contributed by atoms with Gasteiger partial charge in [0.05, 0.1) is 11.6 Å². The summed E-state index contributed by atoms with van der Waals surface area (Å²) in [5.41, 5.74) is 0.410. The molecule has 1 rings (SSSR count). The second-order valence-electron chi connectivity index (χ2n) is 4.32. The Hall–Kier alpha value is -1.60. The number of aliphatic carboxylic acids is 1. The molecule has 0 amide bonds. The molecule has 7 heteroatoms. The lowest BCUT2D eigenvalue weighted by molar-refractivity contribution is -0.141. The smallest absolute Gasteiger partial charge is 0.308 e. The van der Waals surface area contributed by atoms with Gasteiger partial charge < -0.3 is 10.4 Å². The average Bonchev–Trinajstić information content (AvgIpc) is 2.39. The Bertz CT molecular complexity index is 557. The molecule has 1 unspecified atom stereocenters. The Labute approximate surface area is 119 Å². The standard InChI is InChI=1S/C13H20N2O4S/c1-3-10(13(16)17)9-14-11-7-5-6-8-12(11)20(18,19)15-4-2/h5-8,10,14-15H,3-4,9H2,1-2H3,(H,16,17). The predicted molar refractivity (Wildman–Crippen MR) is 77.2 cm³/mol. The van der Waals surface area contributed by atoms with Crippen molar-refractivity contribution >= 4 is 21.7 Å². The van der Waals surface area contributed by atoms with E-state index in [1.54, 1.807) is 32.0 Å². The molecule has 0 aromatic heterocycles. The maximum absolute atomic E-state index is 12.0. The van der Waals surface area contributed by atoms with E-state index in [0.29, 0.717) is 18.7 Å². The van der Waals surface area contributed by atoms with Crippen LogP contribution in [0.4, 0.5) is 5.69 Å². The highest BCUT2D eigenvalue weighted by atomic mass is 32.2. The number of hydrogen-bond acceptors (Lipinski definition) is 4. The van der Waals surface area contributed by atoms with Gasteiger partial charge in [-0.2, -0.15) is 0 Å². The monoisotopic (exact) mass is 300 g/mol. The van der Waals surface area contributed by atoms with E-state index in [-0.39, 0.29) is 11.4 Å². The Balaban J connectivity index is 2.94. The second kappa shape index (κ2) is 7.25. The van der Waals surface area contributed by atoms with Crippen LogP contribution in [0, 0.1) is 5.92 Å². The molecule has 1 aromatic carbocycles. The first-order valence-corrected chi connectivity index (χ1v) is 7.96. The summed E-state index contributed by atoms with van der Waals surface area (Å²) < 4.78 is 26.5. The van der Waals surface area contributed by atoms with Gasteiger partial charge in [0.15, 0.2) is 0 Å². The lowest BCUT2D eigenvalue weighted by Crippen LogP contribution is -2.26. The Morgan fingerprint density at radius 2 is 1.95 bits per heavy atom. The van der Waals surface area contributed by atoms with Crippen LogP contribution in [0.5, 0.6) is 0 Å². The van der Waals surface area contributed by atoms with E-state index in [9.17, 15) is 13.2 Å². The topological polar surface area (TPSA) is 95.5 Å². The van der Waals surface area contributed by atoms with Gasteiger partial charge in [-0.3, -0.25) is 4.79 Å². The molecule has 0 saturated heterocycles. The molecule has 6 nitrogen and oxygen atoms in total. The van der Waals surface area contributed by atoms with Crippen LogP contribution >= 0.6 is 0 Å². The molecule has 3 N–H and O–H groups in total. The quantitative estimate of drug-likeness (QED) is 0.676. The summed E-state index contributed by atoms with van der Waals surface area (Å²) in [6.45, 7) is 3.96. The van der Waals surface area contributed by atoms with E-state index in [1.807, 2.05) is 0 Å². The molecule has 0 aliphatic heterocycles. The minimum Gasteiger partial charge on any atom is -0.481 e. The Kier molecular flexibility index (Phi) is 5.97. The van der Waals surface area contributed by atoms with Crippen molar-refractivity contribution in [2.75, 3.05) is 18.4 Å². The van der Waals surface area contributed by atoms with Crippen molar-refractivity contribution in [3.05, 3.63) is 24.3 Å². The third kappa shape index (κ3) is 4.21. The first-order valence-electron chi connectivity index (χ1n) is 6.47. The van der Waals surface area contributed by atoms with Gasteiger partial charge in [-0.25, -0.2) is 13.1 Å². The van der Waals surface area contributed by atoms with Crippen LogP contribution in [0.3, 0.4) is 0 Å². The summed E-state index contributed by atoms with van der Waals surface area (Å²) in [6, 6.07) is 6.44. The van der Waals surface area contributed by atoms with Crippen LogP contribution in [0.15, 0.2) is 29.2 Å². The van der Waals surface area contributed by atoms with E-state index in [4.69, 9.17) is 5.11 Å². The van der Waals surface area contributed by atoms with Crippen molar-refractivity contribution < 1.29 is 18.3 Å². The van der Waals surface area contributed by atoms with Crippen LogP contribution in [-0.4, -0.2) is 32.6 Å². The van der Waals surface area contributed by atoms with Crippen LogP contribution in [-0.2, 0) is 14.8 Å². The van der Waals surface area contributed by atoms with Crippen molar-refractivity contribution in [3.63, 3.8) is 0 Å². The predicted octanol–water partition coefficient (Wildman–Crippen LogP) is 1.51. The van der Waals surface area contributed by atoms with Gasteiger partial charge in [0.1, 0.15) is 4.90 Å². The first-order chi connectivity index (χ1) is 9.42. The molecule has 1 aromatic rings. The SMILES string of the molecule is CCNS(=O)(=O)c1ccccc1NCC(CC)C(=O)O. The molecule has 0 spiro atoms. The van der Waals surface area contributed by atoms with Crippen LogP contribution < -0.4 is 10.0 Å². The lowest BCUT2D eigenvalue weighted by Gasteiger charge is -2.15. The molecule has 20 heavy (non-hydrogen) atoms. The van der Waals surface area contributed by atoms with Crippen molar-refractivity contribution in [3.8, 4) is 0 Å². The zero-order chi connectivity index (χ0) is 15.2. The number of carboxylic acids is 1. The van der Waals surface area contributed by atoms with Crippen LogP contribution in [0.1, 0.15) is 20.3 Å². The summed E-state index contributed by atoms with van der Waals surface area (Å²) in [4.78, 5) is 11.1. The van der Waals surface area contributed by atoms with E-state index in [0.717, 1.165) is 0 Å². The molecule has 0 aliphatic rings. The Morgan fingerprint density at radius 1 is 1.30 bits per heavy atom. The second-order valence-corrected chi connectivity index (χ2v) is 6.06. The molecule has 0 aliphatic carbocycles. The van der Waals surface area contributed by atoms with Crippen molar-refractivity contribution in [1.82, 2.24) is 4.72 Å². The molecular weight excluding hydrogens is 280 g/mol. The molecular formula is C13H20N2O4S. The number of rotatable bonds is 8. The summed E-state index contributed by atoms with van der Waals surface area (Å²) in [5, 5.41) is 11.9. The molecule has 0 heterocycles. The zero-order valence-corrected chi connectivity index (χ0v) is 12.4. The van der Waals surface area contributed by atoms with E-state index >= 15 is 0 Å². The zero-order valence-electron chi connectivity index (χ0n) is 11.6. The molecule has 0 fully saturated rings. The number of para-hydroxylation sites is 1. The first kappa shape index (κ1) is 16.5.